The highest BCUT2D eigenvalue weighted by molar-refractivity contribution is 5.70. The standard InChI is InChI=1S/C27H37N7O/c1-27(2,3)19-34-25(30-23-17-29-24(16-28)31-26(23)34)18-33-12-10-21(11-13-33)20-6-8-22(9-7-20)35-15-14-32(4)5/h6-9,17,21H,10-15,18-19H2,1-5H3. The number of nitriles is 1. The summed E-state index contributed by atoms with van der Waals surface area (Å²) in [6.45, 7) is 11.9. The van der Waals surface area contributed by atoms with Crippen LogP contribution in [0.15, 0.2) is 30.5 Å². The zero-order chi connectivity index (χ0) is 25.0. The van der Waals surface area contributed by atoms with E-state index in [9.17, 15) is 5.26 Å². The van der Waals surface area contributed by atoms with Crippen LogP contribution in [0.4, 0.5) is 0 Å². The van der Waals surface area contributed by atoms with Gasteiger partial charge in [-0.25, -0.2) is 9.97 Å². The third-order valence-corrected chi connectivity index (χ3v) is 6.41. The Kier molecular flexibility index (Phi) is 7.68. The Morgan fingerprint density at radius 2 is 1.83 bits per heavy atom. The second-order valence-electron chi connectivity index (χ2n) is 11.0. The summed E-state index contributed by atoms with van der Waals surface area (Å²) in [4.78, 5) is 18.1. The van der Waals surface area contributed by atoms with E-state index in [0.29, 0.717) is 12.5 Å². The number of hydrogen-bond donors (Lipinski definition) is 0. The first-order chi connectivity index (χ1) is 16.7. The Labute approximate surface area is 208 Å². The molecule has 3 aromatic rings. The second-order valence-corrected chi connectivity index (χ2v) is 11.0. The first-order valence-electron chi connectivity index (χ1n) is 12.4. The van der Waals surface area contributed by atoms with Crippen LogP contribution in [0.5, 0.6) is 5.75 Å². The third kappa shape index (κ3) is 6.56. The molecule has 8 nitrogen and oxygen atoms in total. The van der Waals surface area contributed by atoms with Gasteiger partial charge in [-0.15, -0.1) is 0 Å². The van der Waals surface area contributed by atoms with Crippen molar-refractivity contribution in [1.29, 1.82) is 5.26 Å². The van der Waals surface area contributed by atoms with Crippen molar-refractivity contribution in [3.05, 3.63) is 47.7 Å². The van der Waals surface area contributed by atoms with E-state index in [1.165, 1.54) is 5.56 Å². The second kappa shape index (κ2) is 10.7. The molecule has 0 radical (unpaired) electrons. The van der Waals surface area contributed by atoms with Crippen LogP contribution in [0.1, 0.15) is 56.7 Å². The van der Waals surface area contributed by atoms with Crippen LogP contribution in [0, 0.1) is 16.7 Å². The summed E-state index contributed by atoms with van der Waals surface area (Å²) in [5, 5.41) is 9.26. The van der Waals surface area contributed by atoms with E-state index in [-0.39, 0.29) is 11.2 Å². The summed E-state index contributed by atoms with van der Waals surface area (Å²) in [5.41, 5.74) is 2.97. The van der Waals surface area contributed by atoms with Gasteiger partial charge in [-0.1, -0.05) is 32.9 Å². The fourth-order valence-corrected chi connectivity index (χ4v) is 4.59. The summed E-state index contributed by atoms with van der Waals surface area (Å²) in [6.07, 6.45) is 3.92. The minimum Gasteiger partial charge on any atom is -0.492 e. The van der Waals surface area contributed by atoms with Gasteiger partial charge in [0.05, 0.1) is 12.7 Å². The lowest BCUT2D eigenvalue weighted by molar-refractivity contribution is 0.195. The Balaban J connectivity index is 1.40. The maximum atomic E-state index is 9.26. The molecule has 186 valence electrons. The quantitative estimate of drug-likeness (QED) is 0.486. The van der Waals surface area contributed by atoms with E-state index < -0.39 is 0 Å². The average Bonchev–Trinajstić information content (AvgIpc) is 3.14. The van der Waals surface area contributed by atoms with Crippen molar-refractivity contribution < 1.29 is 4.74 Å². The third-order valence-electron chi connectivity index (χ3n) is 6.41. The molecule has 4 rings (SSSR count). The zero-order valence-electron chi connectivity index (χ0n) is 21.7. The zero-order valence-corrected chi connectivity index (χ0v) is 21.7. The van der Waals surface area contributed by atoms with Crippen LogP contribution in [0.2, 0.25) is 0 Å². The lowest BCUT2D eigenvalue weighted by Crippen LogP contribution is -2.33. The van der Waals surface area contributed by atoms with Crippen LogP contribution in [-0.2, 0) is 13.1 Å². The molecule has 2 aromatic heterocycles. The summed E-state index contributed by atoms with van der Waals surface area (Å²) in [7, 11) is 4.11. The average molecular weight is 476 g/mol. The van der Waals surface area contributed by atoms with E-state index in [0.717, 1.165) is 68.3 Å². The highest BCUT2D eigenvalue weighted by Gasteiger charge is 2.24. The minimum atomic E-state index is 0.0649. The molecule has 1 aromatic carbocycles. The van der Waals surface area contributed by atoms with Crippen LogP contribution in [0.25, 0.3) is 11.2 Å². The van der Waals surface area contributed by atoms with Crippen molar-refractivity contribution in [3.8, 4) is 11.8 Å². The highest BCUT2D eigenvalue weighted by atomic mass is 16.5. The molecule has 0 unspecified atom stereocenters. The van der Waals surface area contributed by atoms with Gasteiger partial charge in [-0.2, -0.15) is 10.2 Å². The predicted molar refractivity (Wildman–Crippen MR) is 137 cm³/mol. The summed E-state index contributed by atoms with van der Waals surface area (Å²) in [5.74, 6) is 2.69. The largest absolute Gasteiger partial charge is 0.492 e. The number of imidazole rings is 1. The summed E-state index contributed by atoms with van der Waals surface area (Å²) >= 11 is 0. The fraction of sp³-hybridized carbons (Fsp3) is 0.556. The molecule has 1 aliphatic rings. The molecule has 0 bridgehead atoms. The van der Waals surface area contributed by atoms with Crippen molar-refractivity contribution in [2.24, 2.45) is 5.41 Å². The molecule has 0 spiro atoms. The van der Waals surface area contributed by atoms with Gasteiger partial charge in [0.25, 0.3) is 0 Å². The lowest BCUT2D eigenvalue weighted by atomic mass is 9.89. The van der Waals surface area contributed by atoms with E-state index in [2.05, 4.69) is 89.5 Å². The van der Waals surface area contributed by atoms with Crippen LogP contribution >= 0.6 is 0 Å². The van der Waals surface area contributed by atoms with Crippen LogP contribution < -0.4 is 4.74 Å². The van der Waals surface area contributed by atoms with Gasteiger partial charge in [0.1, 0.15) is 29.8 Å². The number of aromatic nitrogens is 4. The van der Waals surface area contributed by atoms with Crippen molar-refractivity contribution in [3.63, 3.8) is 0 Å². The SMILES string of the molecule is CN(C)CCOc1ccc(C2CCN(Cc3nc4cnc(C#N)nc4n3CC(C)(C)C)CC2)cc1. The smallest absolute Gasteiger partial charge is 0.234 e. The Morgan fingerprint density at radius 3 is 2.46 bits per heavy atom. The predicted octanol–water partition coefficient (Wildman–Crippen LogP) is 4.06. The number of ether oxygens (including phenoxy) is 1. The Hall–Kier alpha value is -3.02. The molecule has 0 N–H and O–H groups in total. The molecular weight excluding hydrogens is 438 g/mol. The van der Waals surface area contributed by atoms with Gasteiger partial charge in [0.2, 0.25) is 5.82 Å². The van der Waals surface area contributed by atoms with Gasteiger partial charge >= 0.3 is 0 Å². The number of likely N-dealkylation sites (N-methyl/N-ethyl adjacent to an activating group) is 1. The number of benzene rings is 1. The van der Waals surface area contributed by atoms with Crippen molar-refractivity contribution in [2.45, 2.75) is 52.6 Å². The van der Waals surface area contributed by atoms with Crippen molar-refractivity contribution >= 4 is 11.2 Å². The minimum absolute atomic E-state index is 0.0649. The lowest BCUT2D eigenvalue weighted by Gasteiger charge is -2.32. The van der Waals surface area contributed by atoms with Gasteiger partial charge in [0.15, 0.2) is 5.65 Å². The molecule has 0 saturated carbocycles. The maximum absolute atomic E-state index is 9.26. The Bertz CT molecular complexity index is 1160. The molecular formula is C27H37N7O. The molecule has 35 heavy (non-hydrogen) atoms. The van der Waals surface area contributed by atoms with E-state index >= 15 is 0 Å². The van der Waals surface area contributed by atoms with Gasteiger partial charge in [-0.05, 0) is 69.1 Å². The number of rotatable bonds is 8. The summed E-state index contributed by atoms with van der Waals surface area (Å²) < 4.78 is 8.02. The monoisotopic (exact) mass is 475 g/mol. The van der Waals surface area contributed by atoms with Gasteiger partial charge < -0.3 is 14.2 Å². The number of hydrogen-bond acceptors (Lipinski definition) is 7. The van der Waals surface area contributed by atoms with Crippen LogP contribution in [-0.4, -0.2) is 69.7 Å². The molecule has 8 heteroatoms. The van der Waals surface area contributed by atoms with Gasteiger partial charge in [0, 0.05) is 13.1 Å². The first kappa shape index (κ1) is 25.1. The first-order valence-corrected chi connectivity index (χ1v) is 12.4. The number of likely N-dealkylation sites (tertiary alicyclic amines) is 1. The fourth-order valence-electron chi connectivity index (χ4n) is 4.59. The summed E-state index contributed by atoms with van der Waals surface area (Å²) in [6, 6.07) is 10.7. The molecule has 0 amide bonds. The molecule has 1 fully saturated rings. The molecule has 3 heterocycles. The number of fused-ring (bicyclic) bond motifs is 1. The molecule has 0 atom stereocenters. The van der Waals surface area contributed by atoms with Crippen molar-refractivity contribution in [1.82, 2.24) is 29.3 Å². The molecule has 1 aliphatic heterocycles. The van der Waals surface area contributed by atoms with E-state index in [4.69, 9.17) is 9.72 Å². The number of nitrogens with zero attached hydrogens (tertiary/aromatic N) is 7. The van der Waals surface area contributed by atoms with E-state index in [1.54, 1.807) is 6.20 Å². The van der Waals surface area contributed by atoms with Crippen LogP contribution in [0.3, 0.4) is 0 Å². The highest BCUT2D eigenvalue weighted by Crippen LogP contribution is 2.30. The van der Waals surface area contributed by atoms with E-state index in [1.807, 2.05) is 0 Å². The number of piperidine rings is 1. The molecule has 1 saturated heterocycles. The van der Waals surface area contributed by atoms with Crippen molar-refractivity contribution in [2.75, 3.05) is 40.3 Å². The van der Waals surface area contributed by atoms with Gasteiger partial charge in [-0.3, -0.25) is 4.90 Å². The normalized spacial score (nSPS) is 15.6. The Morgan fingerprint density at radius 1 is 1.11 bits per heavy atom. The molecule has 0 aliphatic carbocycles. The topological polar surface area (TPSA) is 83.1 Å². The maximum Gasteiger partial charge on any atom is 0.234 e.